The summed E-state index contributed by atoms with van der Waals surface area (Å²) < 4.78 is 8.22. The van der Waals surface area contributed by atoms with Crippen LogP contribution in [-0.2, 0) is 22.4 Å². The molecule has 0 aromatic heterocycles. The van der Waals surface area contributed by atoms with Crippen molar-refractivity contribution in [3.05, 3.63) is 152 Å². The fourth-order valence-corrected chi connectivity index (χ4v) is 8.27. The van der Waals surface area contributed by atoms with Gasteiger partial charge in [0.25, 0.3) is 0 Å². The molecule has 3 aliphatic heterocycles. The number of nitrogens with zero attached hydrogens (tertiary/aromatic N) is 4. The third-order valence-corrected chi connectivity index (χ3v) is 10.7. The summed E-state index contributed by atoms with van der Waals surface area (Å²) in [6, 6.07) is 48.0. The molecule has 5 nitrogen and oxygen atoms in total. The number of hydrogen-bond donors (Lipinski definition) is 0. The van der Waals surface area contributed by atoms with E-state index >= 15 is 0 Å². The van der Waals surface area contributed by atoms with Crippen molar-refractivity contribution in [1.29, 1.82) is 0 Å². The number of benzene rings is 5. The second-order valence-electron chi connectivity index (χ2n) is 10.2. The van der Waals surface area contributed by atoms with E-state index in [-0.39, 0.29) is 0 Å². The Balaban J connectivity index is 1.46. The number of para-hydroxylation sites is 1. The molecule has 0 atom stereocenters. The molecule has 0 unspecified atom stereocenters. The summed E-state index contributed by atoms with van der Waals surface area (Å²) >= 11 is -0.675. The Morgan fingerprint density at radius 3 is 1.74 bits per heavy atom. The Kier molecular flexibility index (Phi) is 6.39. The number of hydrogen-bond acceptors (Lipinski definition) is 5. The zero-order chi connectivity index (χ0) is 28.8. The van der Waals surface area contributed by atoms with Crippen LogP contribution in [0.15, 0.2) is 140 Å². The Hall–Kier alpha value is -4.99. The molecule has 0 radical (unpaired) electrons. The van der Waals surface area contributed by atoms with Crippen molar-refractivity contribution in [3.63, 3.8) is 0 Å². The quantitative estimate of drug-likeness (QED) is 0.175. The average Bonchev–Trinajstić information content (AvgIpc) is 3.68. The van der Waals surface area contributed by atoms with Gasteiger partial charge in [-0.05, 0) is 0 Å². The van der Waals surface area contributed by atoms with Crippen LogP contribution in [0.2, 0.25) is 0 Å². The van der Waals surface area contributed by atoms with E-state index in [4.69, 9.17) is 4.74 Å². The summed E-state index contributed by atoms with van der Waals surface area (Å²) in [6.45, 7) is 0. The second kappa shape index (κ2) is 10.7. The molecule has 0 saturated heterocycles. The van der Waals surface area contributed by atoms with E-state index in [1.54, 1.807) is 6.26 Å². The first-order valence-electron chi connectivity index (χ1n) is 14.0. The van der Waals surface area contributed by atoms with E-state index in [1.807, 2.05) is 6.20 Å². The summed E-state index contributed by atoms with van der Waals surface area (Å²) in [6.07, 6.45) is 7.98. The predicted octanol–water partition coefficient (Wildman–Crippen LogP) is 7.89. The van der Waals surface area contributed by atoms with E-state index in [0.29, 0.717) is 0 Å². The van der Waals surface area contributed by atoms with Gasteiger partial charge in [-0.3, -0.25) is 0 Å². The first-order valence-corrected chi connectivity index (χ1v) is 16.3. The molecular formula is C37H26N4OPt-2. The average molecular weight is 738 g/mol. The van der Waals surface area contributed by atoms with Gasteiger partial charge in [-0.25, -0.2) is 0 Å². The SMILES string of the molecule is CN1C=CN2[C]1=[Pt]=[C]1OC=CN1c1[c-]c(ccc1)N(c1c(-c3ccccc3)cccc1-c1ccccc1)c1[c-]c2ccc1. The monoisotopic (exact) mass is 737 g/mol. The maximum atomic E-state index is 6.10. The number of fused-ring (bicyclic) bond motifs is 8. The fraction of sp³-hybridized carbons (Fsp3) is 0.0270. The van der Waals surface area contributed by atoms with Crippen LogP contribution in [0.1, 0.15) is 0 Å². The van der Waals surface area contributed by atoms with Gasteiger partial charge in [-0.1, -0.05) is 0 Å². The van der Waals surface area contributed by atoms with E-state index in [2.05, 4.69) is 166 Å². The molecule has 0 fully saturated rings. The van der Waals surface area contributed by atoms with Crippen molar-refractivity contribution >= 4 is 36.8 Å². The third-order valence-electron chi connectivity index (χ3n) is 7.53. The molecule has 212 valence electrons. The summed E-state index contributed by atoms with van der Waals surface area (Å²) in [5.41, 5.74) is 9.38. The van der Waals surface area contributed by atoms with Gasteiger partial charge in [0.1, 0.15) is 0 Å². The van der Waals surface area contributed by atoms with Gasteiger partial charge >= 0.3 is 260 Å². The molecule has 4 bridgehead atoms. The van der Waals surface area contributed by atoms with Crippen LogP contribution in [0.5, 0.6) is 0 Å². The topological polar surface area (TPSA) is 22.2 Å². The first-order chi connectivity index (χ1) is 21.2. The molecule has 5 aromatic carbocycles. The molecule has 8 rings (SSSR count). The maximum absolute atomic E-state index is 6.10. The molecule has 6 heteroatoms. The molecular weight excluding hydrogens is 712 g/mol. The van der Waals surface area contributed by atoms with Gasteiger partial charge < -0.3 is 0 Å². The molecule has 5 aromatic rings. The van der Waals surface area contributed by atoms with Crippen molar-refractivity contribution in [2.75, 3.05) is 21.7 Å². The van der Waals surface area contributed by atoms with Crippen LogP contribution in [0.3, 0.4) is 0 Å². The van der Waals surface area contributed by atoms with Crippen molar-refractivity contribution in [1.82, 2.24) is 4.90 Å². The molecule has 3 heterocycles. The van der Waals surface area contributed by atoms with Crippen LogP contribution in [0, 0.1) is 12.1 Å². The van der Waals surface area contributed by atoms with Crippen LogP contribution in [-0.4, -0.2) is 20.3 Å². The van der Waals surface area contributed by atoms with Gasteiger partial charge in [0.05, 0.1) is 0 Å². The third kappa shape index (κ3) is 4.53. The van der Waals surface area contributed by atoms with Gasteiger partial charge in [-0.15, -0.1) is 0 Å². The zero-order valence-corrected chi connectivity index (χ0v) is 25.6. The first kappa shape index (κ1) is 25.7. The molecule has 0 spiro atoms. The van der Waals surface area contributed by atoms with Crippen molar-refractivity contribution in [3.8, 4) is 22.3 Å². The summed E-state index contributed by atoms with van der Waals surface area (Å²) in [4.78, 5) is 8.86. The Labute approximate surface area is 259 Å². The molecule has 43 heavy (non-hydrogen) atoms. The minimum absolute atomic E-state index is 0.675. The predicted molar refractivity (Wildman–Crippen MR) is 172 cm³/mol. The zero-order valence-electron chi connectivity index (χ0n) is 23.3. The Morgan fingerprint density at radius 1 is 0.558 bits per heavy atom. The molecule has 0 amide bonds. The minimum atomic E-state index is -0.675. The number of rotatable bonds is 3. The van der Waals surface area contributed by atoms with Crippen LogP contribution in [0.25, 0.3) is 22.3 Å². The normalized spacial score (nSPS) is 15.4. The van der Waals surface area contributed by atoms with Gasteiger partial charge in [0.15, 0.2) is 0 Å². The molecule has 0 N–H and O–H groups in total. The van der Waals surface area contributed by atoms with Crippen molar-refractivity contribution in [2.24, 2.45) is 0 Å². The van der Waals surface area contributed by atoms with Gasteiger partial charge in [-0.2, -0.15) is 0 Å². The van der Waals surface area contributed by atoms with Gasteiger partial charge in [0.2, 0.25) is 0 Å². The second-order valence-corrected chi connectivity index (χ2v) is 12.8. The van der Waals surface area contributed by atoms with Crippen LogP contribution >= 0.6 is 0 Å². The van der Waals surface area contributed by atoms with Crippen LogP contribution < -0.4 is 14.7 Å². The fourth-order valence-electron chi connectivity index (χ4n) is 5.54. The standard InChI is InChI=1S/C37H26N4O.Pt/c1-38-21-22-39(27-38)31-15-8-17-33(25-31)41(34-18-9-16-32(26-34)40-23-24-42-28-40)37-35(29-11-4-2-5-12-29)19-10-20-36(37)30-13-6-3-7-14-30;/h2-24H,1H3;/q-2;. The van der Waals surface area contributed by atoms with E-state index in [0.717, 1.165) is 54.9 Å². The van der Waals surface area contributed by atoms with E-state index in [9.17, 15) is 0 Å². The number of ether oxygens (including phenoxy) is 1. The van der Waals surface area contributed by atoms with Crippen molar-refractivity contribution in [2.45, 2.75) is 0 Å². The summed E-state index contributed by atoms with van der Waals surface area (Å²) in [5.74, 6) is 0. The molecule has 3 aliphatic rings. The van der Waals surface area contributed by atoms with Gasteiger partial charge in [0, 0.05) is 0 Å². The van der Waals surface area contributed by atoms with E-state index in [1.165, 1.54) is 4.15 Å². The number of anilines is 5. The molecule has 0 saturated carbocycles. The Bertz CT molecular complexity index is 1920. The molecule has 0 aliphatic carbocycles. The van der Waals surface area contributed by atoms with Crippen LogP contribution in [0.4, 0.5) is 28.4 Å². The summed E-state index contributed by atoms with van der Waals surface area (Å²) in [7, 11) is 2.09. The van der Waals surface area contributed by atoms with E-state index < -0.39 is 17.6 Å². The summed E-state index contributed by atoms with van der Waals surface area (Å²) in [5, 5.41) is 0. The Morgan fingerprint density at radius 2 is 1.12 bits per heavy atom. The van der Waals surface area contributed by atoms with Crippen molar-refractivity contribution < 1.29 is 22.4 Å².